The highest BCUT2D eigenvalue weighted by Crippen LogP contribution is 2.31. The SMILES string of the molecule is CN(C)S(=O)(=O)c1ccc(CN2CCC[C@H]3C(=O)NC[C@H]32)s1. The smallest absolute Gasteiger partial charge is 0.252 e. The summed E-state index contributed by atoms with van der Waals surface area (Å²) in [4.78, 5) is 15.1. The van der Waals surface area contributed by atoms with Crippen LogP contribution in [0.25, 0.3) is 0 Å². The standard InChI is InChI=1S/C14H21N3O3S2/c1-16(2)22(19,20)13-6-5-10(21-13)9-17-7-3-4-11-12(17)8-15-14(11)18/h5-6,11-12H,3-4,7-9H2,1-2H3,(H,15,18)/t11-,12-/m1/s1. The van der Waals surface area contributed by atoms with E-state index in [9.17, 15) is 13.2 Å². The van der Waals surface area contributed by atoms with Crippen molar-refractivity contribution >= 4 is 27.3 Å². The van der Waals surface area contributed by atoms with Crippen LogP contribution >= 0.6 is 11.3 Å². The number of amides is 1. The van der Waals surface area contributed by atoms with Crippen LogP contribution in [0, 0.1) is 5.92 Å². The van der Waals surface area contributed by atoms with E-state index in [0.717, 1.165) is 24.3 Å². The molecule has 3 heterocycles. The normalized spacial score (nSPS) is 26.2. The fraction of sp³-hybridized carbons (Fsp3) is 0.643. The quantitative estimate of drug-likeness (QED) is 0.874. The minimum absolute atomic E-state index is 0.0960. The topological polar surface area (TPSA) is 69.7 Å². The van der Waals surface area contributed by atoms with Gasteiger partial charge in [-0.3, -0.25) is 9.69 Å². The van der Waals surface area contributed by atoms with Gasteiger partial charge >= 0.3 is 0 Å². The molecule has 0 aromatic carbocycles. The van der Waals surface area contributed by atoms with Crippen molar-refractivity contribution in [3.63, 3.8) is 0 Å². The highest BCUT2D eigenvalue weighted by molar-refractivity contribution is 7.91. The Kier molecular flexibility index (Phi) is 4.28. The second-order valence-corrected chi connectivity index (χ2v) is 9.59. The predicted octanol–water partition coefficient (Wildman–Crippen LogP) is 0.709. The van der Waals surface area contributed by atoms with E-state index in [2.05, 4.69) is 10.2 Å². The van der Waals surface area contributed by atoms with Gasteiger partial charge < -0.3 is 5.32 Å². The van der Waals surface area contributed by atoms with E-state index in [-0.39, 0.29) is 17.9 Å². The molecule has 122 valence electrons. The Morgan fingerprint density at radius 3 is 2.91 bits per heavy atom. The lowest BCUT2D eigenvalue weighted by Gasteiger charge is -2.35. The number of rotatable bonds is 4. The Hall–Kier alpha value is -0.960. The van der Waals surface area contributed by atoms with E-state index in [0.29, 0.717) is 17.3 Å². The number of thiophene rings is 1. The lowest BCUT2D eigenvalue weighted by Crippen LogP contribution is -2.44. The largest absolute Gasteiger partial charge is 0.354 e. The zero-order valence-corrected chi connectivity index (χ0v) is 14.4. The van der Waals surface area contributed by atoms with E-state index in [4.69, 9.17) is 0 Å². The second-order valence-electron chi connectivity index (χ2n) is 6.04. The highest BCUT2D eigenvalue weighted by atomic mass is 32.2. The summed E-state index contributed by atoms with van der Waals surface area (Å²) in [6.45, 7) is 2.38. The fourth-order valence-corrected chi connectivity index (χ4v) is 5.75. The molecule has 2 aliphatic rings. The monoisotopic (exact) mass is 343 g/mol. The molecule has 0 aliphatic carbocycles. The number of hydrogen-bond donors (Lipinski definition) is 1. The number of nitrogens with zero attached hydrogens (tertiary/aromatic N) is 2. The molecule has 0 radical (unpaired) electrons. The summed E-state index contributed by atoms with van der Waals surface area (Å²) >= 11 is 1.32. The molecule has 0 bridgehead atoms. The van der Waals surface area contributed by atoms with Gasteiger partial charge in [-0.05, 0) is 31.5 Å². The highest BCUT2D eigenvalue weighted by Gasteiger charge is 2.40. The number of likely N-dealkylation sites (tertiary alicyclic amines) is 1. The maximum absolute atomic E-state index is 12.1. The Bertz CT molecular complexity index is 669. The first-order valence-electron chi connectivity index (χ1n) is 7.42. The summed E-state index contributed by atoms with van der Waals surface area (Å²) < 4.78 is 25.9. The summed E-state index contributed by atoms with van der Waals surface area (Å²) in [6, 6.07) is 3.81. The van der Waals surface area contributed by atoms with Crippen LogP contribution in [-0.2, 0) is 21.4 Å². The first kappa shape index (κ1) is 15.9. The summed E-state index contributed by atoms with van der Waals surface area (Å²) in [5.74, 6) is 0.260. The summed E-state index contributed by atoms with van der Waals surface area (Å²) in [6.07, 6.45) is 1.97. The average Bonchev–Trinajstić information content (AvgIpc) is 3.08. The first-order valence-corrected chi connectivity index (χ1v) is 9.68. The molecule has 1 aromatic heterocycles. The molecule has 1 N–H and O–H groups in total. The number of sulfonamides is 1. The maximum atomic E-state index is 12.1. The molecule has 2 fully saturated rings. The minimum Gasteiger partial charge on any atom is -0.354 e. The Morgan fingerprint density at radius 1 is 1.41 bits per heavy atom. The average molecular weight is 343 g/mol. The summed E-state index contributed by atoms with van der Waals surface area (Å²) in [5.41, 5.74) is 0. The number of piperidine rings is 1. The van der Waals surface area contributed by atoms with Crippen molar-refractivity contribution in [2.75, 3.05) is 27.2 Å². The van der Waals surface area contributed by atoms with Crippen molar-refractivity contribution in [1.82, 2.24) is 14.5 Å². The van der Waals surface area contributed by atoms with Crippen LogP contribution in [0.15, 0.2) is 16.3 Å². The summed E-state index contributed by atoms with van der Waals surface area (Å²) in [5, 5.41) is 2.94. The van der Waals surface area contributed by atoms with Gasteiger partial charge in [0, 0.05) is 38.1 Å². The van der Waals surface area contributed by atoms with Crippen molar-refractivity contribution < 1.29 is 13.2 Å². The van der Waals surface area contributed by atoms with E-state index < -0.39 is 10.0 Å². The fourth-order valence-electron chi connectivity index (χ4n) is 3.20. The lowest BCUT2D eigenvalue weighted by molar-refractivity contribution is -0.124. The maximum Gasteiger partial charge on any atom is 0.252 e. The van der Waals surface area contributed by atoms with E-state index in [1.165, 1.54) is 15.6 Å². The van der Waals surface area contributed by atoms with Gasteiger partial charge in [-0.1, -0.05) is 0 Å². The van der Waals surface area contributed by atoms with Crippen molar-refractivity contribution in [2.24, 2.45) is 5.92 Å². The lowest BCUT2D eigenvalue weighted by atomic mass is 9.91. The third-order valence-electron chi connectivity index (χ3n) is 4.45. The number of carbonyl (C=O) groups excluding carboxylic acids is 1. The molecular formula is C14H21N3O3S2. The zero-order valence-electron chi connectivity index (χ0n) is 12.8. The molecule has 0 unspecified atom stereocenters. The van der Waals surface area contributed by atoms with Gasteiger partial charge in [0.15, 0.2) is 0 Å². The molecule has 8 heteroatoms. The van der Waals surface area contributed by atoms with Gasteiger partial charge in [-0.2, -0.15) is 0 Å². The third kappa shape index (κ3) is 2.80. The molecule has 6 nitrogen and oxygen atoms in total. The van der Waals surface area contributed by atoms with E-state index >= 15 is 0 Å². The Morgan fingerprint density at radius 2 is 2.18 bits per heavy atom. The van der Waals surface area contributed by atoms with Crippen LogP contribution in [0.1, 0.15) is 17.7 Å². The minimum atomic E-state index is -3.36. The molecule has 0 spiro atoms. The molecule has 22 heavy (non-hydrogen) atoms. The van der Waals surface area contributed by atoms with Gasteiger partial charge in [0.05, 0.1) is 5.92 Å². The van der Waals surface area contributed by atoms with Crippen molar-refractivity contribution in [2.45, 2.75) is 29.6 Å². The predicted molar refractivity (Wildman–Crippen MR) is 85.1 cm³/mol. The first-order chi connectivity index (χ1) is 10.4. The molecule has 2 aliphatic heterocycles. The third-order valence-corrected chi connectivity index (χ3v) is 7.80. The number of carbonyl (C=O) groups is 1. The van der Waals surface area contributed by atoms with Gasteiger partial charge in [-0.25, -0.2) is 12.7 Å². The molecule has 0 saturated carbocycles. The molecule has 1 amide bonds. The molecule has 3 rings (SSSR count). The molecular weight excluding hydrogens is 322 g/mol. The number of nitrogens with one attached hydrogen (secondary N) is 1. The van der Waals surface area contributed by atoms with Crippen LogP contribution in [-0.4, -0.2) is 56.8 Å². The summed E-state index contributed by atoms with van der Waals surface area (Å²) in [7, 11) is -0.273. The van der Waals surface area contributed by atoms with Gasteiger partial charge in [0.1, 0.15) is 4.21 Å². The van der Waals surface area contributed by atoms with Gasteiger partial charge in [-0.15, -0.1) is 11.3 Å². The van der Waals surface area contributed by atoms with Crippen molar-refractivity contribution in [1.29, 1.82) is 0 Å². The molecule has 2 saturated heterocycles. The van der Waals surface area contributed by atoms with Crippen molar-refractivity contribution in [3.05, 3.63) is 17.0 Å². The molecule has 1 aromatic rings. The van der Waals surface area contributed by atoms with E-state index in [1.54, 1.807) is 20.2 Å². The second kappa shape index (κ2) is 5.92. The molecule has 2 atom stereocenters. The number of hydrogen-bond acceptors (Lipinski definition) is 5. The Labute approximate surface area is 135 Å². The van der Waals surface area contributed by atoms with Crippen LogP contribution in [0.2, 0.25) is 0 Å². The zero-order chi connectivity index (χ0) is 15.9. The van der Waals surface area contributed by atoms with E-state index in [1.807, 2.05) is 6.07 Å². The number of fused-ring (bicyclic) bond motifs is 1. The van der Waals surface area contributed by atoms with Gasteiger partial charge in [0.2, 0.25) is 5.91 Å². The van der Waals surface area contributed by atoms with Crippen LogP contribution in [0.4, 0.5) is 0 Å². The van der Waals surface area contributed by atoms with Gasteiger partial charge in [0.25, 0.3) is 10.0 Å². The van der Waals surface area contributed by atoms with Crippen LogP contribution in [0.5, 0.6) is 0 Å². The van der Waals surface area contributed by atoms with Crippen LogP contribution < -0.4 is 5.32 Å². The van der Waals surface area contributed by atoms with Crippen molar-refractivity contribution in [3.8, 4) is 0 Å². The van der Waals surface area contributed by atoms with Crippen LogP contribution in [0.3, 0.4) is 0 Å². The Balaban J connectivity index is 1.74.